The molecule has 208 valence electrons. The van der Waals surface area contributed by atoms with E-state index in [0.717, 1.165) is 5.56 Å². The van der Waals surface area contributed by atoms with Crippen molar-refractivity contribution in [1.29, 1.82) is 5.26 Å². The van der Waals surface area contributed by atoms with E-state index in [1.54, 1.807) is 60.7 Å². The number of amides is 1. The molecule has 0 atom stereocenters. The van der Waals surface area contributed by atoms with Gasteiger partial charge < -0.3 is 14.5 Å². The predicted octanol–water partition coefficient (Wildman–Crippen LogP) is 7.05. The highest BCUT2D eigenvalue weighted by atomic mass is 35.5. The smallest absolute Gasteiger partial charge is 0.343 e. The van der Waals surface area contributed by atoms with Gasteiger partial charge in [-0.1, -0.05) is 59.6 Å². The van der Waals surface area contributed by atoms with Crippen LogP contribution in [-0.4, -0.2) is 29.7 Å². The van der Waals surface area contributed by atoms with Gasteiger partial charge in [0.15, 0.2) is 11.5 Å². The first kappa shape index (κ1) is 28.1. The molecule has 1 heterocycles. The van der Waals surface area contributed by atoms with E-state index in [1.165, 1.54) is 6.21 Å². The number of aromatic nitrogens is 1. The van der Waals surface area contributed by atoms with E-state index < -0.39 is 11.9 Å². The Morgan fingerprint density at radius 3 is 2.60 bits per heavy atom. The largest absolute Gasteiger partial charge is 0.490 e. The first-order valence-electron chi connectivity index (χ1n) is 13.1. The summed E-state index contributed by atoms with van der Waals surface area (Å²) in [4.78, 5) is 29.1. The van der Waals surface area contributed by atoms with Gasteiger partial charge in [-0.15, -0.1) is 0 Å². The zero-order valence-electron chi connectivity index (χ0n) is 22.8. The molecular weight excluding hydrogens is 552 g/mol. The van der Waals surface area contributed by atoms with E-state index >= 15 is 0 Å². The van der Waals surface area contributed by atoms with Gasteiger partial charge in [-0.25, -0.2) is 10.2 Å². The highest BCUT2D eigenvalue weighted by Gasteiger charge is 2.22. The van der Waals surface area contributed by atoms with E-state index in [1.807, 2.05) is 38.1 Å². The molecule has 0 aliphatic carbocycles. The number of benzene rings is 4. The number of carbonyl (C=O) groups excluding carboxylic acids is 2. The van der Waals surface area contributed by atoms with Crippen LogP contribution in [0.2, 0.25) is 5.02 Å². The Labute approximate surface area is 247 Å². The lowest BCUT2D eigenvalue weighted by Crippen LogP contribution is -2.19. The van der Waals surface area contributed by atoms with E-state index in [9.17, 15) is 14.9 Å². The third kappa shape index (κ3) is 5.87. The lowest BCUT2D eigenvalue weighted by Gasteiger charge is -2.11. The molecule has 0 aliphatic rings. The molecule has 0 fully saturated rings. The van der Waals surface area contributed by atoms with E-state index in [2.05, 4.69) is 21.6 Å². The summed E-state index contributed by atoms with van der Waals surface area (Å²) in [6, 6.07) is 26.7. The van der Waals surface area contributed by atoms with Gasteiger partial charge in [0.25, 0.3) is 5.91 Å². The number of nitrogens with zero attached hydrogens (tertiary/aromatic N) is 2. The molecule has 1 amide bonds. The first-order chi connectivity index (χ1) is 20.4. The maximum atomic E-state index is 13.3. The van der Waals surface area contributed by atoms with Crippen molar-refractivity contribution < 1.29 is 19.1 Å². The molecular formula is C33H25ClN4O4. The van der Waals surface area contributed by atoms with Crippen LogP contribution in [-0.2, 0) is 0 Å². The number of nitriles is 1. The highest BCUT2D eigenvalue weighted by Crippen LogP contribution is 2.37. The lowest BCUT2D eigenvalue weighted by atomic mass is 10.0. The Kier molecular flexibility index (Phi) is 8.32. The van der Waals surface area contributed by atoms with Crippen molar-refractivity contribution in [3.63, 3.8) is 0 Å². The van der Waals surface area contributed by atoms with Gasteiger partial charge in [0.05, 0.1) is 29.5 Å². The quantitative estimate of drug-likeness (QED) is 0.0888. The van der Waals surface area contributed by atoms with Crippen LogP contribution >= 0.6 is 11.6 Å². The minimum absolute atomic E-state index is 0.214. The van der Waals surface area contributed by atoms with Gasteiger partial charge in [0.2, 0.25) is 0 Å². The Bertz CT molecular complexity index is 1890. The second-order valence-electron chi connectivity index (χ2n) is 9.29. The number of aromatic amines is 1. The zero-order chi connectivity index (χ0) is 29.6. The van der Waals surface area contributed by atoms with Crippen LogP contribution in [0, 0.1) is 18.3 Å². The van der Waals surface area contributed by atoms with E-state index in [0.29, 0.717) is 56.1 Å². The van der Waals surface area contributed by atoms with E-state index in [-0.39, 0.29) is 11.4 Å². The molecule has 42 heavy (non-hydrogen) atoms. The number of nitrogens with one attached hydrogen (secondary N) is 2. The molecule has 0 aliphatic heterocycles. The number of halogens is 1. The molecule has 0 unspecified atom stereocenters. The SMILES string of the molecule is CCOc1cc(C=NNC(=O)c2[nH]c3c(C#N)cccc3c2-c2ccccc2Cl)ccc1OC(=O)c1cccc(C)c1. The number of aryl methyl sites for hydroxylation is 1. The second-order valence-corrected chi connectivity index (χ2v) is 9.70. The summed E-state index contributed by atoms with van der Waals surface area (Å²) in [5.41, 5.74) is 6.88. The fraction of sp³-hybridized carbons (Fsp3) is 0.0909. The van der Waals surface area contributed by atoms with Gasteiger partial charge in [-0.3, -0.25) is 4.79 Å². The number of carbonyl (C=O) groups is 2. The average molecular weight is 577 g/mol. The molecule has 0 bridgehead atoms. The van der Waals surface area contributed by atoms with Crippen LogP contribution < -0.4 is 14.9 Å². The molecule has 0 saturated carbocycles. The monoisotopic (exact) mass is 576 g/mol. The number of H-pyrrole nitrogens is 1. The normalized spacial score (nSPS) is 10.9. The van der Waals surface area contributed by atoms with Crippen LogP contribution in [0.3, 0.4) is 0 Å². The lowest BCUT2D eigenvalue weighted by molar-refractivity contribution is 0.0728. The molecule has 8 nitrogen and oxygen atoms in total. The Hall–Kier alpha value is -5.39. The molecule has 4 aromatic carbocycles. The molecule has 2 N–H and O–H groups in total. The van der Waals surface area contributed by atoms with Gasteiger partial charge in [0.1, 0.15) is 11.8 Å². The maximum Gasteiger partial charge on any atom is 0.343 e. The second kappa shape index (κ2) is 12.4. The molecule has 1 aromatic heterocycles. The third-order valence-corrected chi connectivity index (χ3v) is 6.76. The van der Waals surface area contributed by atoms with Gasteiger partial charge in [-0.2, -0.15) is 10.4 Å². The van der Waals surface area contributed by atoms with Gasteiger partial charge >= 0.3 is 5.97 Å². The Balaban J connectivity index is 1.40. The number of esters is 1. The summed E-state index contributed by atoms with van der Waals surface area (Å²) in [7, 11) is 0. The van der Waals surface area contributed by atoms with Crippen molar-refractivity contribution in [1.82, 2.24) is 10.4 Å². The topological polar surface area (TPSA) is 117 Å². The van der Waals surface area contributed by atoms with Crippen LogP contribution in [0.25, 0.3) is 22.0 Å². The molecule has 5 rings (SSSR count). The summed E-state index contributed by atoms with van der Waals surface area (Å²) in [5, 5.41) is 14.9. The summed E-state index contributed by atoms with van der Waals surface area (Å²) in [5.74, 6) is -0.398. The highest BCUT2D eigenvalue weighted by molar-refractivity contribution is 6.34. The number of para-hydroxylation sites is 1. The molecule has 0 radical (unpaired) electrons. The van der Waals surface area contributed by atoms with Crippen molar-refractivity contribution in [3.8, 4) is 28.7 Å². The number of hydrogen-bond donors (Lipinski definition) is 2. The standard InChI is InChI=1S/C33H25ClN4O4/c1-3-41-28-17-21(14-15-27(28)42-33(40)22-9-6-8-20(2)16-22)19-36-38-32(39)31-29(24-11-4-5-13-26(24)34)25-12-7-10-23(18-35)30(25)37-31/h4-17,19,37H,3H2,1-2H3,(H,38,39). The fourth-order valence-electron chi connectivity index (χ4n) is 4.53. The van der Waals surface area contributed by atoms with Crippen LogP contribution in [0.1, 0.15) is 44.5 Å². The number of rotatable bonds is 8. The van der Waals surface area contributed by atoms with Crippen LogP contribution in [0.15, 0.2) is 90.0 Å². The maximum absolute atomic E-state index is 13.3. The molecule has 0 spiro atoms. The molecule has 9 heteroatoms. The minimum Gasteiger partial charge on any atom is -0.490 e. The minimum atomic E-state index is -0.519. The summed E-state index contributed by atoms with van der Waals surface area (Å²) in [6.45, 7) is 4.07. The van der Waals surface area contributed by atoms with Crippen LogP contribution in [0.4, 0.5) is 0 Å². The zero-order valence-corrected chi connectivity index (χ0v) is 23.5. The number of hydrazone groups is 1. The summed E-state index contributed by atoms with van der Waals surface area (Å²) in [6.07, 6.45) is 1.45. The fourth-order valence-corrected chi connectivity index (χ4v) is 4.76. The van der Waals surface area contributed by atoms with Crippen molar-refractivity contribution in [2.75, 3.05) is 6.61 Å². The molecule has 0 saturated heterocycles. The van der Waals surface area contributed by atoms with Gasteiger partial charge in [-0.05, 0) is 61.9 Å². The van der Waals surface area contributed by atoms with E-state index in [4.69, 9.17) is 21.1 Å². The number of hydrogen-bond acceptors (Lipinski definition) is 6. The van der Waals surface area contributed by atoms with Crippen molar-refractivity contribution in [3.05, 3.63) is 118 Å². The van der Waals surface area contributed by atoms with Crippen molar-refractivity contribution >= 4 is 40.6 Å². The van der Waals surface area contributed by atoms with Crippen molar-refractivity contribution in [2.24, 2.45) is 5.10 Å². The van der Waals surface area contributed by atoms with Crippen molar-refractivity contribution in [2.45, 2.75) is 13.8 Å². The van der Waals surface area contributed by atoms with Gasteiger partial charge in [0, 0.05) is 21.5 Å². The summed E-state index contributed by atoms with van der Waals surface area (Å²) >= 11 is 6.49. The number of fused-ring (bicyclic) bond motifs is 1. The Morgan fingerprint density at radius 2 is 1.83 bits per heavy atom. The predicted molar refractivity (Wildman–Crippen MR) is 162 cm³/mol. The average Bonchev–Trinajstić information content (AvgIpc) is 3.38. The Morgan fingerprint density at radius 1 is 1.02 bits per heavy atom. The third-order valence-electron chi connectivity index (χ3n) is 6.43. The molecule has 5 aromatic rings. The first-order valence-corrected chi connectivity index (χ1v) is 13.5. The van der Waals surface area contributed by atoms with Crippen LogP contribution in [0.5, 0.6) is 11.5 Å². The number of ether oxygens (including phenoxy) is 2. The summed E-state index contributed by atoms with van der Waals surface area (Å²) < 4.78 is 11.3.